The second kappa shape index (κ2) is 6.55. The minimum atomic E-state index is 0.218. The van der Waals surface area contributed by atoms with Gasteiger partial charge < -0.3 is 5.32 Å². The predicted octanol–water partition coefficient (Wildman–Crippen LogP) is 1.57. The first-order valence-electron chi connectivity index (χ1n) is 6.37. The van der Waals surface area contributed by atoms with Crippen LogP contribution in [-0.2, 0) is 24.2 Å². The summed E-state index contributed by atoms with van der Waals surface area (Å²) >= 11 is 0. The maximum Gasteiger partial charge on any atom is 0.152 e. The van der Waals surface area contributed by atoms with Gasteiger partial charge in [-0.1, -0.05) is 20.8 Å². The number of nitrogens with one attached hydrogen (secondary N) is 1. The quantitative estimate of drug-likeness (QED) is 0.783. The van der Waals surface area contributed by atoms with E-state index in [9.17, 15) is 4.79 Å². The zero-order valence-electron chi connectivity index (χ0n) is 11.3. The minimum absolute atomic E-state index is 0.218. The van der Waals surface area contributed by atoms with Crippen molar-refractivity contribution in [3.63, 3.8) is 0 Å². The van der Waals surface area contributed by atoms with Gasteiger partial charge in [-0.3, -0.25) is 9.48 Å². The molecule has 0 saturated carbocycles. The number of carbonyl (C=O) groups excluding carboxylic acids is 1. The second-order valence-electron chi connectivity index (χ2n) is 4.55. The van der Waals surface area contributed by atoms with Gasteiger partial charge in [0.2, 0.25) is 0 Å². The molecule has 1 aromatic rings. The summed E-state index contributed by atoms with van der Waals surface area (Å²) in [7, 11) is 0. The van der Waals surface area contributed by atoms with Crippen LogP contribution in [0.15, 0.2) is 6.07 Å². The van der Waals surface area contributed by atoms with Crippen LogP contribution < -0.4 is 5.32 Å². The lowest BCUT2D eigenvalue weighted by Gasteiger charge is -2.07. The molecule has 4 heteroatoms. The average molecular weight is 237 g/mol. The summed E-state index contributed by atoms with van der Waals surface area (Å²) in [5.41, 5.74) is 2.09. The van der Waals surface area contributed by atoms with Gasteiger partial charge in [0.1, 0.15) is 0 Å². The summed E-state index contributed by atoms with van der Waals surface area (Å²) < 4.78 is 1.92. The number of rotatable bonds is 7. The molecule has 96 valence electrons. The maximum atomic E-state index is 11.8. The Balaban J connectivity index is 2.60. The van der Waals surface area contributed by atoms with E-state index in [0.717, 1.165) is 24.4 Å². The lowest BCUT2D eigenvalue weighted by molar-refractivity contribution is -0.117. The Morgan fingerprint density at radius 1 is 1.47 bits per heavy atom. The molecule has 0 bridgehead atoms. The van der Waals surface area contributed by atoms with E-state index in [-0.39, 0.29) is 5.78 Å². The third kappa shape index (κ3) is 4.30. The molecule has 0 amide bonds. The number of Topliss-reactive ketones (excluding diaryl/α,β-unsaturated/α-hetero) is 1. The summed E-state index contributed by atoms with van der Waals surface area (Å²) in [6.45, 7) is 9.47. The Kier molecular flexibility index (Phi) is 5.35. The van der Waals surface area contributed by atoms with E-state index in [0.29, 0.717) is 19.0 Å². The SMILES string of the molecule is CCc1cc(CC(=O)CNC(C)C)n(CC)n1. The number of ketones is 1. The van der Waals surface area contributed by atoms with E-state index >= 15 is 0 Å². The van der Waals surface area contributed by atoms with Gasteiger partial charge in [-0.25, -0.2) is 0 Å². The molecule has 1 heterocycles. The monoisotopic (exact) mass is 237 g/mol. The van der Waals surface area contributed by atoms with Gasteiger partial charge in [0, 0.05) is 24.7 Å². The molecule has 0 aliphatic heterocycles. The van der Waals surface area contributed by atoms with Crippen molar-refractivity contribution in [3.8, 4) is 0 Å². The van der Waals surface area contributed by atoms with Gasteiger partial charge in [-0.15, -0.1) is 0 Å². The topological polar surface area (TPSA) is 46.9 Å². The largest absolute Gasteiger partial charge is 0.308 e. The highest BCUT2D eigenvalue weighted by molar-refractivity contribution is 5.82. The first-order valence-corrected chi connectivity index (χ1v) is 6.37. The van der Waals surface area contributed by atoms with Gasteiger partial charge >= 0.3 is 0 Å². The third-order valence-corrected chi connectivity index (χ3v) is 2.66. The molecular weight excluding hydrogens is 214 g/mol. The Hall–Kier alpha value is -1.16. The molecule has 0 aliphatic carbocycles. The molecule has 0 atom stereocenters. The van der Waals surface area contributed by atoms with Crippen molar-refractivity contribution in [2.75, 3.05) is 6.54 Å². The molecule has 1 rings (SSSR count). The Morgan fingerprint density at radius 2 is 2.18 bits per heavy atom. The zero-order chi connectivity index (χ0) is 12.8. The molecule has 0 spiro atoms. The van der Waals surface area contributed by atoms with Gasteiger partial charge in [0.25, 0.3) is 0 Å². The van der Waals surface area contributed by atoms with Crippen molar-refractivity contribution in [1.82, 2.24) is 15.1 Å². The number of hydrogen-bond acceptors (Lipinski definition) is 3. The summed E-state index contributed by atoms with van der Waals surface area (Å²) in [5, 5.41) is 7.58. The highest BCUT2D eigenvalue weighted by Crippen LogP contribution is 2.06. The first-order chi connectivity index (χ1) is 8.06. The van der Waals surface area contributed by atoms with Crippen LogP contribution in [0.2, 0.25) is 0 Å². The molecule has 4 nitrogen and oxygen atoms in total. The van der Waals surface area contributed by atoms with E-state index in [1.54, 1.807) is 0 Å². The number of aryl methyl sites for hydroxylation is 2. The van der Waals surface area contributed by atoms with Crippen molar-refractivity contribution < 1.29 is 4.79 Å². The molecule has 0 aromatic carbocycles. The Morgan fingerprint density at radius 3 is 2.71 bits per heavy atom. The van der Waals surface area contributed by atoms with E-state index in [2.05, 4.69) is 17.3 Å². The second-order valence-corrected chi connectivity index (χ2v) is 4.55. The van der Waals surface area contributed by atoms with Gasteiger partial charge in [0.15, 0.2) is 5.78 Å². The van der Waals surface area contributed by atoms with Crippen LogP contribution >= 0.6 is 0 Å². The molecule has 0 aliphatic rings. The highest BCUT2D eigenvalue weighted by atomic mass is 16.1. The van der Waals surface area contributed by atoms with Crippen molar-refractivity contribution in [2.45, 2.75) is 53.1 Å². The van der Waals surface area contributed by atoms with Gasteiger partial charge in [0.05, 0.1) is 12.2 Å². The summed E-state index contributed by atoms with van der Waals surface area (Å²) in [6.07, 6.45) is 1.39. The predicted molar refractivity (Wildman–Crippen MR) is 69.1 cm³/mol. The molecule has 0 saturated heterocycles. The molecule has 1 N–H and O–H groups in total. The Labute approximate surface area is 103 Å². The molecular formula is C13H23N3O. The van der Waals surface area contributed by atoms with E-state index in [1.165, 1.54) is 0 Å². The van der Waals surface area contributed by atoms with E-state index in [4.69, 9.17) is 0 Å². The van der Waals surface area contributed by atoms with E-state index in [1.807, 2.05) is 31.5 Å². The van der Waals surface area contributed by atoms with Crippen LogP contribution in [0.1, 0.15) is 39.1 Å². The van der Waals surface area contributed by atoms with Crippen LogP contribution in [0.25, 0.3) is 0 Å². The minimum Gasteiger partial charge on any atom is -0.308 e. The smallest absolute Gasteiger partial charge is 0.152 e. The van der Waals surface area contributed by atoms with Crippen LogP contribution in [0.4, 0.5) is 0 Å². The maximum absolute atomic E-state index is 11.8. The highest BCUT2D eigenvalue weighted by Gasteiger charge is 2.10. The van der Waals surface area contributed by atoms with Crippen LogP contribution in [0.3, 0.4) is 0 Å². The fourth-order valence-corrected chi connectivity index (χ4v) is 1.69. The fraction of sp³-hybridized carbons (Fsp3) is 0.692. The molecule has 0 fully saturated rings. The first kappa shape index (κ1) is 13.9. The van der Waals surface area contributed by atoms with Gasteiger partial charge in [-0.05, 0) is 19.4 Å². The fourth-order valence-electron chi connectivity index (χ4n) is 1.69. The van der Waals surface area contributed by atoms with Crippen molar-refractivity contribution >= 4 is 5.78 Å². The van der Waals surface area contributed by atoms with Crippen LogP contribution in [-0.4, -0.2) is 28.2 Å². The summed E-state index contributed by atoms with van der Waals surface area (Å²) in [6, 6.07) is 2.39. The van der Waals surface area contributed by atoms with Crippen molar-refractivity contribution in [2.24, 2.45) is 0 Å². The van der Waals surface area contributed by atoms with Crippen LogP contribution in [0.5, 0.6) is 0 Å². The van der Waals surface area contributed by atoms with Crippen LogP contribution in [0, 0.1) is 0 Å². The lowest BCUT2D eigenvalue weighted by Crippen LogP contribution is -2.30. The number of hydrogen-bond donors (Lipinski definition) is 1. The standard InChI is InChI=1S/C13H23N3O/c1-5-11-7-12(16(6-2)15-11)8-13(17)9-14-10(3)4/h7,10,14H,5-6,8-9H2,1-4H3. The number of nitrogens with zero attached hydrogens (tertiary/aromatic N) is 2. The summed E-state index contributed by atoms with van der Waals surface area (Å²) in [5.74, 6) is 0.218. The average Bonchev–Trinajstić information content (AvgIpc) is 2.68. The molecule has 1 aromatic heterocycles. The Bertz CT molecular complexity index is 369. The molecule has 0 radical (unpaired) electrons. The van der Waals surface area contributed by atoms with Crippen molar-refractivity contribution in [1.29, 1.82) is 0 Å². The zero-order valence-corrected chi connectivity index (χ0v) is 11.3. The normalized spacial score (nSPS) is 11.1. The number of aromatic nitrogens is 2. The van der Waals surface area contributed by atoms with Gasteiger partial charge in [-0.2, -0.15) is 5.10 Å². The lowest BCUT2D eigenvalue weighted by atomic mass is 10.2. The van der Waals surface area contributed by atoms with Crippen molar-refractivity contribution in [3.05, 3.63) is 17.5 Å². The number of carbonyl (C=O) groups is 1. The van der Waals surface area contributed by atoms with E-state index < -0.39 is 0 Å². The summed E-state index contributed by atoms with van der Waals surface area (Å²) in [4.78, 5) is 11.8. The third-order valence-electron chi connectivity index (χ3n) is 2.66. The molecule has 17 heavy (non-hydrogen) atoms. The molecule has 0 unspecified atom stereocenters.